The number of allylic oxidation sites excluding steroid dienone is 4. The molecule has 0 bridgehead atoms. The molecular weight excluding hydrogens is 620 g/mol. The number of hydrogen-bond acceptors (Lipinski definition) is 11. The molecule has 0 radical (unpaired) electrons. The molecule has 0 spiro atoms. The highest BCUT2D eigenvalue weighted by molar-refractivity contribution is 5.96. The molecule has 2 atom stereocenters. The zero-order chi connectivity index (χ0) is 33.9. The van der Waals surface area contributed by atoms with E-state index in [4.69, 9.17) is 9.47 Å². The van der Waals surface area contributed by atoms with E-state index < -0.39 is 0 Å². The second kappa shape index (κ2) is 14.2. The van der Waals surface area contributed by atoms with E-state index in [0.29, 0.717) is 65.5 Å². The van der Waals surface area contributed by atoms with Gasteiger partial charge < -0.3 is 24.6 Å². The fourth-order valence-corrected chi connectivity index (χ4v) is 6.88. The van der Waals surface area contributed by atoms with Crippen LogP contribution in [0, 0.1) is 31.1 Å². The number of piperazine rings is 1. The lowest BCUT2D eigenvalue weighted by Crippen LogP contribution is -2.56. The number of carbonyl (C=O) groups excluding carboxylic acids is 1. The summed E-state index contributed by atoms with van der Waals surface area (Å²) in [5.41, 5.74) is 5.35. The molecule has 7 rings (SSSR count). The summed E-state index contributed by atoms with van der Waals surface area (Å²) in [5.74, 6) is 1.45. The van der Waals surface area contributed by atoms with Crippen LogP contribution < -0.4 is 10.1 Å². The van der Waals surface area contributed by atoms with Crippen LogP contribution in [0.5, 0.6) is 5.75 Å². The van der Waals surface area contributed by atoms with Crippen molar-refractivity contribution >= 4 is 11.9 Å². The topological polar surface area (TPSA) is 148 Å². The largest absolute Gasteiger partial charge is 0.489 e. The number of ether oxygens (including phenoxy) is 2. The Kier molecular flexibility index (Phi) is 9.41. The Balaban J connectivity index is 0.961. The lowest BCUT2D eigenvalue weighted by molar-refractivity contribution is -0.0745. The van der Waals surface area contributed by atoms with Gasteiger partial charge in [0.05, 0.1) is 36.1 Å². The van der Waals surface area contributed by atoms with Gasteiger partial charge in [-0.15, -0.1) is 0 Å². The van der Waals surface area contributed by atoms with Crippen LogP contribution in [0.2, 0.25) is 0 Å². The highest BCUT2D eigenvalue weighted by Gasteiger charge is 2.33. The molecule has 49 heavy (non-hydrogen) atoms. The summed E-state index contributed by atoms with van der Waals surface area (Å²) >= 11 is 0. The van der Waals surface area contributed by atoms with E-state index in [9.17, 15) is 10.1 Å². The lowest BCUT2D eigenvalue weighted by Gasteiger charge is -2.43. The Morgan fingerprint density at radius 1 is 1.10 bits per heavy atom. The van der Waals surface area contributed by atoms with Crippen molar-refractivity contribution in [2.24, 2.45) is 5.92 Å². The van der Waals surface area contributed by atoms with Crippen LogP contribution in [0.25, 0.3) is 11.4 Å². The van der Waals surface area contributed by atoms with E-state index in [1.165, 1.54) is 12.0 Å². The van der Waals surface area contributed by atoms with Gasteiger partial charge in [0.1, 0.15) is 24.3 Å². The van der Waals surface area contributed by atoms with Crippen LogP contribution in [0.4, 0.5) is 5.95 Å². The summed E-state index contributed by atoms with van der Waals surface area (Å²) in [4.78, 5) is 33.4. The maximum atomic E-state index is 13.2. The molecule has 2 N–H and O–H groups in total. The molecule has 2 aromatic heterocycles. The number of anilines is 1. The summed E-state index contributed by atoms with van der Waals surface area (Å²) in [5, 5.41) is 20.4. The van der Waals surface area contributed by atoms with Gasteiger partial charge in [-0.25, -0.2) is 9.97 Å². The monoisotopic (exact) mass is 662 g/mol. The SMILES string of the molecule is Cc1n[nH]c(C)c1C(=O)N1CC[C@H](Oc2ccc(-c3ncnc(NC4=CCC=C(N5CCN(C6COC6)CC5)C=C4)n3)cc2C#N)[C@H](C)C1. The third kappa shape index (κ3) is 7.06. The van der Waals surface area contributed by atoms with Crippen molar-refractivity contribution < 1.29 is 14.3 Å². The first-order valence-electron chi connectivity index (χ1n) is 17.0. The number of nitrogens with zero attached hydrogens (tertiary/aromatic N) is 8. The number of aryl methyl sites for hydroxylation is 2. The number of aromatic nitrogens is 5. The zero-order valence-electron chi connectivity index (χ0n) is 28.2. The average Bonchev–Trinajstić information content (AvgIpc) is 3.26. The highest BCUT2D eigenvalue weighted by atomic mass is 16.5. The molecule has 13 nitrogen and oxygen atoms in total. The molecule has 1 aromatic carbocycles. The summed E-state index contributed by atoms with van der Waals surface area (Å²) in [6.45, 7) is 12.7. The number of rotatable bonds is 8. The number of carbonyl (C=O) groups is 1. The maximum Gasteiger partial charge on any atom is 0.257 e. The number of amides is 1. The van der Waals surface area contributed by atoms with Gasteiger partial charge in [-0.05, 0) is 50.6 Å². The van der Waals surface area contributed by atoms with Crippen LogP contribution in [0.15, 0.2) is 60.2 Å². The molecule has 0 unspecified atom stereocenters. The predicted octanol–water partition coefficient (Wildman–Crippen LogP) is 3.84. The van der Waals surface area contributed by atoms with Gasteiger partial charge in [0.25, 0.3) is 5.91 Å². The normalized spacial score (nSPS) is 21.7. The van der Waals surface area contributed by atoms with E-state index >= 15 is 0 Å². The standard InChI is InChI=1S/C36H42N10O3/c1-23-19-46(35(47)33-24(2)42-43-25(33)3)12-11-31(23)49-32-10-7-26(17-27(32)18-37)34-38-22-39-36(41-34)40-28-5-4-6-29(9-8-28)44-13-15-45(16-14-44)30-20-48-21-30/h5-10,17,22-23,30-31H,4,11-16,19-21H2,1-3H3,(H,42,43)(H,38,39,40,41)/t23-,31+/m1/s1. The quantitative estimate of drug-likeness (QED) is 0.363. The summed E-state index contributed by atoms with van der Waals surface area (Å²) in [6, 6.07) is 8.28. The number of hydrogen-bond donors (Lipinski definition) is 2. The second-order valence-corrected chi connectivity index (χ2v) is 13.1. The van der Waals surface area contributed by atoms with Crippen LogP contribution in [-0.4, -0.2) is 110 Å². The number of piperidine rings is 1. The van der Waals surface area contributed by atoms with Crippen molar-refractivity contribution in [1.29, 1.82) is 5.26 Å². The molecule has 4 aliphatic rings. The minimum atomic E-state index is -0.135. The summed E-state index contributed by atoms with van der Waals surface area (Å²) in [7, 11) is 0. The Bertz CT molecular complexity index is 1810. The minimum absolute atomic E-state index is 0.0143. The number of nitriles is 1. The van der Waals surface area contributed by atoms with E-state index in [1.54, 1.807) is 12.1 Å². The minimum Gasteiger partial charge on any atom is -0.489 e. The predicted molar refractivity (Wildman–Crippen MR) is 183 cm³/mol. The third-order valence-electron chi connectivity index (χ3n) is 9.84. The van der Waals surface area contributed by atoms with Crippen molar-refractivity contribution in [3.05, 3.63) is 82.7 Å². The third-order valence-corrected chi connectivity index (χ3v) is 9.84. The molecule has 254 valence electrons. The molecule has 3 aromatic rings. The molecule has 3 fully saturated rings. The van der Waals surface area contributed by atoms with Crippen LogP contribution >= 0.6 is 0 Å². The Labute approximate surface area is 286 Å². The van der Waals surface area contributed by atoms with Gasteiger partial charge >= 0.3 is 0 Å². The second-order valence-electron chi connectivity index (χ2n) is 13.1. The van der Waals surface area contributed by atoms with Crippen molar-refractivity contribution in [2.75, 3.05) is 57.8 Å². The van der Waals surface area contributed by atoms with Gasteiger partial charge in [-0.1, -0.05) is 19.1 Å². The molecule has 3 aliphatic heterocycles. The first kappa shape index (κ1) is 32.5. The fraction of sp³-hybridized carbons (Fsp3) is 0.444. The van der Waals surface area contributed by atoms with E-state index in [1.807, 2.05) is 24.8 Å². The molecule has 0 saturated carbocycles. The number of benzene rings is 1. The Morgan fingerprint density at radius 2 is 1.94 bits per heavy atom. The van der Waals surface area contributed by atoms with E-state index in [2.05, 4.69) is 77.6 Å². The zero-order valence-corrected chi connectivity index (χ0v) is 28.2. The van der Waals surface area contributed by atoms with E-state index in [0.717, 1.165) is 57.2 Å². The number of likely N-dealkylation sites (tertiary alicyclic amines) is 1. The van der Waals surface area contributed by atoms with Crippen LogP contribution in [0.3, 0.4) is 0 Å². The van der Waals surface area contributed by atoms with Crippen molar-refractivity contribution in [3.63, 3.8) is 0 Å². The Hall–Kier alpha value is -5.06. The smallest absolute Gasteiger partial charge is 0.257 e. The van der Waals surface area contributed by atoms with Gasteiger partial charge in [-0.3, -0.25) is 14.8 Å². The van der Waals surface area contributed by atoms with Crippen LogP contribution in [0.1, 0.15) is 47.1 Å². The first-order valence-corrected chi connectivity index (χ1v) is 17.0. The van der Waals surface area contributed by atoms with Gasteiger partial charge in [0.15, 0.2) is 5.82 Å². The fourth-order valence-electron chi connectivity index (χ4n) is 6.88. The number of aromatic amines is 1. The average molecular weight is 663 g/mol. The van der Waals surface area contributed by atoms with E-state index in [-0.39, 0.29) is 17.9 Å². The lowest BCUT2D eigenvalue weighted by atomic mass is 9.95. The summed E-state index contributed by atoms with van der Waals surface area (Å²) < 4.78 is 11.8. The number of nitrogens with one attached hydrogen (secondary N) is 2. The molecular formula is C36H42N10O3. The van der Waals surface area contributed by atoms with Crippen LogP contribution in [-0.2, 0) is 4.74 Å². The molecule has 1 amide bonds. The van der Waals surface area contributed by atoms with Crippen molar-refractivity contribution in [2.45, 2.75) is 45.8 Å². The first-order chi connectivity index (χ1) is 23.9. The molecule has 13 heteroatoms. The molecule has 5 heterocycles. The number of H-pyrrole nitrogens is 1. The van der Waals surface area contributed by atoms with Crippen molar-refractivity contribution in [3.8, 4) is 23.2 Å². The van der Waals surface area contributed by atoms with Crippen molar-refractivity contribution in [1.82, 2.24) is 39.8 Å². The van der Waals surface area contributed by atoms with Gasteiger partial charge in [0, 0.05) is 74.3 Å². The molecule has 1 aliphatic carbocycles. The van der Waals surface area contributed by atoms with Gasteiger partial charge in [-0.2, -0.15) is 15.3 Å². The maximum absolute atomic E-state index is 13.2. The Morgan fingerprint density at radius 3 is 2.65 bits per heavy atom. The highest BCUT2D eigenvalue weighted by Crippen LogP contribution is 2.30. The van der Waals surface area contributed by atoms with Gasteiger partial charge in [0.2, 0.25) is 5.95 Å². The summed E-state index contributed by atoms with van der Waals surface area (Å²) in [6.07, 6.45) is 11.4. The molecule has 3 saturated heterocycles.